The van der Waals surface area contributed by atoms with Crippen LogP contribution in [0.15, 0.2) is 253 Å². The van der Waals surface area contributed by atoms with Crippen LogP contribution in [0, 0.1) is 0 Å². The Morgan fingerprint density at radius 1 is 0.317 bits per heavy atom. The van der Waals surface area contributed by atoms with Crippen molar-refractivity contribution in [1.29, 1.82) is 0 Å². The molecule has 0 N–H and O–H groups in total. The van der Waals surface area contributed by atoms with Gasteiger partial charge in [-0.05, 0) is 110 Å². The van der Waals surface area contributed by atoms with Crippen LogP contribution < -0.4 is 4.90 Å². The molecule has 11 aromatic rings. The Labute approximate surface area is 367 Å². The first-order chi connectivity index (χ1) is 31.3. The van der Waals surface area contributed by atoms with Crippen LogP contribution >= 0.6 is 0 Å². The zero-order valence-corrected chi connectivity index (χ0v) is 34.5. The lowest BCUT2D eigenvalue weighted by molar-refractivity contribution is 0.670. The number of furan rings is 1. The second kappa shape index (κ2) is 15.1. The van der Waals surface area contributed by atoms with Gasteiger partial charge >= 0.3 is 0 Å². The molecule has 1 heterocycles. The SMILES string of the molecule is c1ccc(-c2ccc(N(c3ccc(-c4ccc5c(oc6ccccc65)c4-c4ccccc4)cc3)c3ccc4c(c3)C(c3ccccc3)(c3ccccc3)c3ccccc3-4)cc2)cc1. The first kappa shape index (κ1) is 36.6. The predicted octanol–water partition coefficient (Wildman–Crippen LogP) is 16.4. The third-order valence-corrected chi connectivity index (χ3v) is 13.0. The Bertz CT molecular complexity index is 3370. The van der Waals surface area contributed by atoms with Gasteiger partial charge in [-0.3, -0.25) is 0 Å². The van der Waals surface area contributed by atoms with Gasteiger partial charge in [0.1, 0.15) is 11.2 Å². The fraction of sp³-hybridized carbons (Fsp3) is 0.0164. The van der Waals surface area contributed by atoms with E-state index >= 15 is 0 Å². The lowest BCUT2D eigenvalue weighted by atomic mass is 9.67. The molecule has 2 nitrogen and oxygen atoms in total. The van der Waals surface area contributed by atoms with Gasteiger partial charge in [-0.15, -0.1) is 0 Å². The van der Waals surface area contributed by atoms with Gasteiger partial charge in [-0.25, -0.2) is 0 Å². The van der Waals surface area contributed by atoms with Gasteiger partial charge < -0.3 is 9.32 Å². The minimum atomic E-state index is -0.514. The summed E-state index contributed by atoms with van der Waals surface area (Å²) in [6, 6.07) is 90.1. The number of fused-ring (bicyclic) bond motifs is 6. The molecule has 0 fully saturated rings. The Hall–Kier alpha value is -8.20. The quantitative estimate of drug-likeness (QED) is 0.152. The number of benzene rings is 10. The minimum Gasteiger partial charge on any atom is -0.455 e. The number of para-hydroxylation sites is 1. The lowest BCUT2D eigenvalue weighted by Crippen LogP contribution is -2.28. The topological polar surface area (TPSA) is 16.4 Å². The van der Waals surface area contributed by atoms with Crippen molar-refractivity contribution in [2.24, 2.45) is 0 Å². The van der Waals surface area contributed by atoms with Crippen LogP contribution in [-0.4, -0.2) is 0 Å². The minimum absolute atomic E-state index is 0.514. The third-order valence-electron chi connectivity index (χ3n) is 13.0. The van der Waals surface area contributed by atoms with Gasteiger partial charge in [-0.1, -0.05) is 200 Å². The van der Waals surface area contributed by atoms with Crippen molar-refractivity contribution < 1.29 is 4.42 Å². The van der Waals surface area contributed by atoms with E-state index in [2.05, 4.69) is 248 Å². The summed E-state index contributed by atoms with van der Waals surface area (Å²) in [7, 11) is 0. The van der Waals surface area contributed by atoms with Gasteiger partial charge in [0.15, 0.2) is 0 Å². The molecule has 0 amide bonds. The Morgan fingerprint density at radius 2 is 0.810 bits per heavy atom. The Kier molecular flexibility index (Phi) is 8.76. The fourth-order valence-electron chi connectivity index (χ4n) is 10.2. The van der Waals surface area contributed by atoms with Gasteiger partial charge in [0.2, 0.25) is 0 Å². The van der Waals surface area contributed by atoms with E-state index in [1.807, 2.05) is 6.07 Å². The highest BCUT2D eigenvalue weighted by Crippen LogP contribution is 2.57. The van der Waals surface area contributed by atoms with Gasteiger partial charge in [-0.2, -0.15) is 0 Å². The number of anilines is 3. The van der Waals surface area contributed by atoms with Crippen LogP contribution in [0.25, 0.3) is 66.4 Å². The average Bonchev–Trinajstić information content (AvgIpc) is 3.89. The first-order valence-corrected chi connectivity index (χ1v) is 21.7. The molecule has 1 aromatic heterocycles. The van der Waals surface area contributed by atoms with Crippen LogP contribution in [0.1, 0.15) is 22.3 Å². The smallest absolute Gasteiger partial charge is 0.143 e. The summed E-state index contributed by atoms with van der Waals surface area (Å²) in [6.07, 6.45) is 0. The summed E-state index contributed by atoms with van der Waals surface area (Å²) < 4.78 is 6.65. The van der Waals surface area contributed by atoms with Crippen molar-refractivity contribution in [2.45, 2.75) is 5.41 Å². The average molecular weight is 804 g/mol. The van der Waals surface area contributed by atoms with Gasteiger partial charge in [0.05, 0.1) is 5.41 Å². The first-order valence-electron chi connectivity index (χ1n) is 21.7. The van der Waals surface area contributed by atoms with Crippen LogP contribution in [-0.2, 0) is 5.41 Å². The van der Waals surface area contributed by atoms with E-state index in [0.717, 1.165) is 61.3 Å². The van der Waals surface area contributed by atoms with Crippen LogP contribution in [0.2, 0.25) is 0 Å². The third kappa shape index (κ3) is 5.95. The molecule has 63 heavy (non-hydrogen) atoms. The molecule has 0 radical (unpaired) electrons. The highest BCUT2D eigenvalue weighted by Gasteiger charge is 2.46. The molecule has 1 aliphatic rings. The molecule has 0 aliphatic heterocycles. The second-order valence-electron chi connectivity index (χ2n) is 16.4. The van der Waals surface area contributed by atoms with Crippen molar-refractivity contribution in [3.05, 3.63) is 271 Å². The summed E-state index contributed by atoms with van der Waals surface area (Å²) in [5.41, 5.74) is 19.0. The van der Waals surface area contributed by atoms with E-state index in [-0.39, 0.29) is 0 Å². The molecule has 2 heteroatoms. The van der Waals surface area contributed by atoms with Crippen molar-refractivity contribution >= 4 is 39.0 Å². The second-order valence-corrected chi connectivity index (χ2v) is 16.4. The molecule has 10 aromatic carbocycles. The van der Waals surface area contributed by atoms with Crippen LogP contribution in [0.4, 0.5) is 17.1 Å². The molecular weight excluding hydrogens is 763 g/mol. The fourth-order valence-corrected chi connectivity index (χ4v) is 10.2. The lowest BCUT2D eigenvalue weighted by Gasteiger charge is -2.35. The van der Waals surface area contributed by atoms with Crippen molar-refractivity contribution in [1.82, 2.24) is 0 Å². The highest BCUT2D eigenvalue weighted by atomic mass is 16.3. The maximum Gasteiger partial charge on any atom is 0.143 e. The van der Waals surface area contributed by atoms with Gasteiger partial charge in [0.25, 0.3) is 0 Å². The van der Waals surface area contributed by atoms with E-state index in [9.17, 15) is 0 Å². The molecule has 0 saturated carbocycles. The summed E-state index contributed by atoms with van der Waals surface area (Å²) in [5, 5.41) is 2.25. The normalized spacial score (nSPS) is 12.6. The van der Waals surface area contributed by atoms with E-state index < -0.39 is 5.41 Å². The van der Waals surface area contributed by atoms with Gasteiger partial charge in [0, 0.05) is 33.4 Å². The summed E-state index contributed by atoms with van der Waals surface area (Å²) in [4.78, 5) is 2.41. The van der Waals surface area contributed by atoms with E-state index in [4.69, 9.17) is 4.42 Å². The zero-order valence-electron chi connectivity index (χ0n) is 34.5. The number of nitrogens with zero attached hydrogens (tertiary/aromatic N) is 1. The highest BCUT2D eigenvalue weighted by molar-refractivity contribution is 6.12. The standard InChI is InChI=1S/C61H41NO/c1-5-17-42(18-6-1)43-29-33-48(34-30-43)62(49-35-31-44(32-36-49)51-39-40-55-54-26-14-16-28-58(54)63-60(55)59(51)45-19-7-2-8-20-45)50-37-38-53-52-25-13-15-27-56(52)61(57(53)41-50,46-21-9-3-10-22-46)47-23-11-4-12-24-47/h1-41H. The van der Waals surface area contributed by atoms with E-state index in [0.29, 0.717) is 0 Å². The molecule has 12 rings (SSSR count). The number of rotatable bonds is 8. The van der Waals surface area contributed by atoms with Crippen molar-refractivity contribution in [2.75, 3.05) is 4.90 Å². The molecule has 0 saturated heterocycles. The monoisotopic (exact) mass is 803 g/mol. The number of hydrogen-bond donors (Lipinski definition) is 0. The Morgan fingerprint density at radius 3 is 1.48 bits per heavy atom. The molecule has 0 atom stereocenters. The van der Waals surface area contributed by atoms with Crippen molar-refractivity contribution in [3.8, 4) is 44.5 Å². The summed E-state index contributed by atoms with van der Waals surface area (Å²) in [6.45, 7) is 0. The summed E-state index contributed by atoms with van der Waals surface area (Å²) >= 11 is 0. The number of hydrogen-bond acceptors (Lipinski definition) is 2. The Balaban J connectivity index is 1.05. The molecule has 1 aliphatic carbocycles. The summed E-state index contributed by atoms with van der Waals surface area (Å²) in [5.74, 6) is 0. The predicted molar refractivity (Wildman–Crippen MR) is 262 cm³/mol. The van der Waals surface area contributed by atoms with E-state index in [1.165, 1.54) is 44.5 Å². The molecular formula is C61H41NO. The maximum atomic E-state index is 6.65. The zero-order chi connectivity index (χ0) is 41.7. The largest absolute Gasteiger partial charge is 0.455 e. The van der Waals surface area contributed by atoms with Crippen LogP contribution in [0.5, 0.6) is 0 Å². The maximum absolute atomic E-state index is 6.65. The molecule has 296 valence electrons. The molecule has 0 spiro atoms. The van der Waals surface area contributed by atoms with E-state index in [1.54, 1.807) is 0 Å². The molecule has 0 bridgehead atoms. The van der Waals surface area contributed by atoms with Crippen LogP contribution in [0.3, 0.4) is 0 Å². The molecule has 0 unspecified atom stereocenters. The van der Waals surface area contributed by atoms with Crippen molar-refractivity contribution in [3.63, 3.8) is 0 Å².